The van der Waals surface area contributed by atoms with Crippen molar-refractivity contribution in [1.82, 2.24) is 0 Å². The van der Waals surface area contributed by atoms with E-state index in [1.54, 1.807) is 13.8 Å². The third-order valence-corrected chi connectivity index (χ3v) is 4.26. The number of hydrogen-bond donors (Lipinski definition) is 3. The molecule has 1 heterocycles. The summed E-state index contributed by atoms with van der Waals surface area (Å²) < 4.78 is 21.0. The van der Waals surface area contributed by atoms with Gasteiger partial charge in [0.25, 0.3) is 0 Å². The van der Waals surface area contributed by atoms with E-state index >= 15 is 0 Å². The van der Waals surface area contributed by atoms with Crippen LogP contribution in [0.3, 0.4) is 0 Å². The molecule has 28 heavy (non-hydrogen) atoms. The van der Waals surface area contributed by atoms with Crippen LogP contribution in [0.25, 0.3) is 0 Å². The lowest BCUT2D eigenvalue weighted by molar-refractivity contribution is -0.139. The first-order valence-electron chi connectivity index (χ1n) is 8.38. The van der Waals surface area contributed by atoms with Gasteiger partial charge in [0.05, 0.1) is 37.8 Å². The van der Waals surface area contributed by atoms with Crippen LogP contribution in [0.15, 0.2) is 34.9 Å². The highest BCUT2D eigenvalue weighted by atomic mass is 16.5. The fourth-order valence-corrected chi connectivity index (χ4v) is 3.07. The van der Waals surface area contributed by atoms with Crippen molar-refractivity contribution in [3.05, 3.63) is 40.5 Å². The van der Waals surface area contributed by atoms with Crippen LogP contribution in [0.4, 0.5) is 0 Å². The summed E-state index contributed by atoms with van der Waals surface area (Å²) in [5, 5.41) is 28.9. The molecular formula is C18H21BN2O7. The number of carbonyl (C=O) groups is 1. The number of carbonyl (C=O) groups excluding carboxylic acids is 1. The van der Waals surface area contributed by atoms with Gasteiger partial charge in [0.15, 0.2) is 0 Å². The zero-order valence-corrected chi connectivity index (χ0v) is 16.0. The van der Waals surface area contributed by atoms with E-state index in [-0.39, 0.29) is 46.4 Å². The molecular weight excluding hydrogens is 367 g/mol. The Morgan fingerprint density at radius 2 is 1.89 bits per heavy atom. The third kappa shape index (κ3) is 3.76. The topological polar surface area (TPSA) is 144 Å². The van der Waals surface area contributed by atoms with E-state index in [1.165, 1.54) is 26.4 Å². The summed E-state index contributed by atoms with van der Waals surface area (Å²) >= 11 is 0. The van der Waals surface area contributed by atoms with Crippen molar-refractivity contribution in [2.75, 3.05) is 20.8 Å². The predicted molar refractivity (Wildman–Crippen MR) is 99.4 cm³/mol. The van der Waals surface area contributed by atoms with Gasteiger partial charge in [-0.2, -0.15) is 5.26 Å². The molecule has 1 aromatic rings. The van der Waals surface area contributed by atoms with E-state index < -0.39 is 19.0 Å². The first-order valence-corrected chi connectivity index (χ1v) is 8.38. The summed E-state index contributed by atoms with van der Waals surface area (Å²) in [5.41, 5.74) is 6.40. The van der Waals surface area contributed by atoms with Crippen LogP contribution >= 0.6 is 0 Å². The lowest BCUT2D eigenvalue weighted by atomic mass is 9.75. The van der Waals surface area contributed by atoms with Crippen molar-refractivity contribution in [1.29, 1.82) is 5.26 Å². The number of methoxy groups -OCH3 is 2. The van der Waals surface area contributed by atoms with Crippen LogP contribution in [0.1, 0.15) is 25.3 Å². The average Bonchev–Trinajstić information content (AvgIpc) is 2.66. The van der Waals surface area contributed by atoms with Crippen molar-refractivity contribution in [3.8, 4) is 17.6 Å². The average molecular weight is 388 g/mol. The lowest BCUT2D eigenvalue weighted by Gasteiger charge is -2.27. The van der Waals surface area contributed by atoms with Crippen LogP contribution in [-0.2, 0) is 14.3 Å². The molecule has 1 aliphatic heterocycles. The molecule has 0 radical (unpaired) electrons. The standard InChI is InChI=1S/C18H21BN2O7/c1-5-27-18(22)14-9(2)28-17(21)11(8-20)15(14)10-6-12(25-3)16(19(23)24)13(7-10)26-4/h6-7,15,23-24H,5,21H2,1-4H3. The van der Waals surface area contributed by atoms with Crippen LogP contribution in [0.5, 0.6) is 11.5 Å². The van der Waals surface area contributed by atoms with Crippen molar-refractivity contribution in [3.63, 3.8) is 0 Å². The maximum absolute atomic E-state index is 12.6. The van der Waals surface area contributed by atoms with Crippen LogP contribution < -0.4 is 20.7 Å². The molecule has 4 N–H and O–H groups in total. The minimum atomic E-state index is -1.86. The highest BCUT2D eigenvalue weighted by Gasteiger charge is 2.37. The van der Waals surface area contributed by atoms with Crippen molar-refractivity contribution in [2.24, 2.45) is 5.73 Å². The van der Waals surface area contributed by atoms with E-state index in [9.17, 15) is 20.1 Å². The van der Waals surface area contributed by atoms with Crippen LogP contribution in [0.2, 0.25) is 0 Å². The van der Waals surface area contributed by atoms with E-state index in [1.807, 2.05) is 6.07 Å². The zero-order chi connectivity index (χ0) is 21.0. The number of hydrogen-bond acceptors (Lipinski definition) is 9. The number of allylic oxidation sites excluding steroid dienone is 2. The Bertz CT molecular complexity index is 861. The summed E-state index contributed by atoms with van der Waals surface area (Å²) in [6.45, 7) is 3.33. The molecule has 0 amide bonds. The molecule has 0 bridgehead atoms. The van der Waals surface area contributed by atoms with Gasteiger partial charge in [0.1, 0.15) is 28.9 Å². The highest BCUT2D eigenvalue weighted by Crippen LogP contribution is 2.41. The first kappa shape index (κ1) is 21.1. The second kappa shape index (κ2) is 8.69. The molecule has 1 aliphatic rings. The molecule has 2 rings (SSSR count). The number of esters is 1. The molecule has 0 saturated carbocycles. The SMILES string of the molecule is CCOC(=O)C1=C(C)OC(N)=C(C#N)C1c1cc(OC)c(B(O)O)c(OC)c1. The molecule has 1 aromatic carbocycles. The molecule has 1 unspecified atom stereocenters. The fourth-order valence-electron chi connectivity index (χ4n) is 3.07. The summed E-state index contributed by atoms with van der Waals surface area (Å²) in [6.07, 6.45) is 0. The molecule has 0 spiro atoms. The zero-order valence-electron chi connectivity index (χ0n) is 16.0. The van der Waals surface area contributed by atoms with Gasteiger partial charge in [0.2, 0.25) is 5.88 Å². The minimum Gasteiger partial charge on any atom is -0.497 e. The predicted octanol–water partition coefficient (Wildman–Crippen LogP) is 0.0284. The van der Waals surface area contributed by atoms with Crippen molar-refractivity contribution in [2.45, 2.75) is 19.8 Å². The van der Waals surface area contributed by atoms with E-state index in [4.69, 9.17) is 24.7 Å². The molecule has 0 fully saturated rings. The molecule has 0 aliphatic carbocycles. The Labute approximate surface area is 162 Å². The number of nitriles is 1. The Morgan fingerprint density at radius 3 is 2.32 bits per heavy atom. The molecule has 10 heteroatoms. The Hall–Kier alpha value is -3.16. The quantitative estimate of drug-likeness (QED) is 0.454. The molecule has 0 aromatic heterocycles. The van der Waals surface area contributed by atoms with Gasteiger partial charge in [-0.05, 0) is 31.5 Å². The second-order valence-corrected chi connectivity index (χ2v) is 5.83. The summed E-state index contributed by atoms with van der Waals surface area (Å²) in [5.74, 6) is -1.30. The summed E-state index contributed by atoms with van der Waals surface area (Å²) in [7, 11) is 0.834. The number of nitrogens with two attached hydrogens (primary N) is 1. The second-order valence-electron chi connectivity index (χ2n) is 5.83. The normalized spacial score (nSPS) is 16.2. The number of nitrogens with zero attached hydrogens (tertiary/aromatic N) is 1. The van der Waals surface area contributed by atoms with Crippen molar-refractivity contribution >= 4 is 18.6 Å². The van der Waals surface area contributed by atoms with E-state index in [0.717, 1.165) is 0 Å². The van der Waals surface area contributed by atoms with Gasteiger partial charge in [-0.3, -0.25) is 0 Å². The lowest BCUT2D eigenvalue weighted by Crippen LogP contribution is -2.33. The monoisotopic (exact) mass is 388 g/mol. The maximum Gasteiger partial charge on any atom is 0.496 e. The van der Waals surface area contributed by atoms with Gasteiger partial charge < -0.3 is 34.7 Å². The minimum absolute atomic E-state index is 0.00894. The summed E-state index contributed by atoms with van der Waals surface area (Å²) in [6, 6.07) is 4.92. The van der Waals surface area contributed by atoms with Crippen LogP contribution in [-0.4, -0.2) is 44.0 Å². The molecule has 9 nitrogen and oxygen atoms in total. The van der Waals surface area contributed by atoms with Gasteiger partial charge in [-0.15, -0.1) is 0 Å². The highest BCUT2D eigenvalue weighted by molar-refractivity contribution is 6.61. The van der Waals surface area contributed by atoms with Gasteiger partial charge >= 0.3 is 13.1 Å². The Morgan fingerprint density at radius 1 is 1.32 bits per heavy atom. The maximum atomic E-state index is 12.6. The molecule has 1 atom stereocenters. The number of ether oxygens (including phenoxy) is 4. The van der Waals surface area contributed by atoms with Crippen molar-refractivity contribution < 1.29 is 33.8 Å². The molecule has 148 valence electrons. The van der Waals surface area contributed by atoms with Gasteiger partial charge in [-0.25, -0.2) is 4.79 Å². The Balaban J connectivity index is 2.77. The van der Waals surface area contributed by atoms with Gasteiger partial charge in [-0.1, -0.05) is 0 Å². The first-order chi connectivity index (χ1) is 13.3. The van der Waals surface area contributed by atoms with Crippen LogP contribution in [0, 0.1) is 11.3 Å². The number of rotatable bonds is 6. The molecule has 0 saturated heterocycles. The number of benzene rings is 1. The van der Waals surface area contributed by atoms with E-state index in [0.29, 0.717) is 5.56 Å². The largest absolute Gasteiger partial charge is 0.497 e. The summed E-state index contributed by atoms with van der Waals surface area (Å²) in [4.78, 5) is 12.6. The van der Waals surface area contributed by atoms with E-state index in [2.05, 4.69) is 0 Å². The Kier molecular flexibility index (Phi) is 6.56. The smallest absolute Gasteiger partial charge is 0.496 e. The third-order valence-electron chi connectivity index (χ3n) is 4.26. The fraction of sp³-hybridized carbons (Fsp3) is 0.333. The van der Waals surface area contributed by atoms with Gasteiger partial charge in [0, 0.05) is 0 Å².